The van der Waals surface area contributed by atoms with Crippen LogP contribution in [0.3, 0.4) is 0 Å². The van der Waals surface area contributed by atoms with Gasteiger partial charge in [0.2, 0.25) is 11.3 Å². The number of halogens is 6. The molecule has 6 aromatic carbocycles. The maximum absolute atomic E-state index is 7.24. The fraction of sp³-hybridized carbons (Fsp3) is 0.0476. The first-order chi connectivity index (χ1) is 25.2. The first-order valence-corrected chi connectivity index (χ1v) is 20.0. The van der Waals surface area contributed by atoms with E-state index in [0.29, 0.717) is 44.0 Å². The zero-order valence-corrected chi connectivity index (χ0v) is 34.8. The maximum Gasteiger partial charge on any atom is 0.227 e. The summed E-state index contributed by atoms with van der Waals surface area (Å²) < 4.78 is 3.80. The van der Waals surface area contributed by atoms with Gasteiger partial charge >= 0.3 is 0 Å². The van der Waals surface area contributed by atoms with Gasteiger partial charge in [-0.25, -0.2) is 20.0 Å². The van der Waals surface area contributed by atoms with E-state index in [9.17, 15) is 0 Å². The zero-order valence-electron chi connectivity index (χ0n) is 26.9. The molecule has 0 aliphatic carbocycles. The highest BCUT2D eigenvalue weighted by Gasteiger charge is 2.61. The topological polar surface area (TPSA) is 49.4 Å². The molecule has 0 saturated carbocycles. The van der Waals surface area contributed by atoms with Crippen molar-refractivity contribution in [1.29, 1.82) is 0 Å². The molecular formula is C42H24Br4Cl2N4. The van der Waals surface area contributed by atoms with Gasteiger partial charge in [0.05, 0.1) is 22.8 Å². The van der Waals surface area contributed by atoms with E-state index in [1.807, 2.05) is 146 Å². The van der Waals surface area contributed by atoms with Crippen molar-refractivity contribution in [3.05, 3.63) is 207 Å². The van der Waals surface area contributed by atoms with Crippen LogP contribution in [-0.2, 0) is 11.3 Å². The van der Waals surface area contributed by atoms with Gasteiger partial charge in [0.1, 0.15) is 0 Å². The fourth-order valence-electron chi connectivity index (χ4n) is 6.56. The van der Waals surface area contributed by atoms with Crippen LogP contribution >= 0.6 is 86.9 Å². The van der Waals surface area contributed by atoms with E-state index in [1.54, 1.807) is 0 Å². The summed E-state index contributed by atoms with van der Waals surface area (Å²) in [5.41, 5.74) is 4.36. The molecule has 0 fully saturated rings. The zero-order chi connectivity index (χ0) is 36.0. The lowest BCUT2D eigenvalue weighted by molar-refractivity contribution is 0.257. The Morgan fingerprint density at radius 1 is 0.327 bits per heavy atom. The van der Waals surface area contributed by atoms with E-state index in [4.69, 9.17) is 43.2 Å². The van der Waals surface area contributed by atoms with Gasteiger partial charge < -0.3 is 0 Å². The third kappa shape index (κ3) is 6.31. The Hall–Kier alpha value is -3.50. The monoisotopic (exact) mass is 970 g/mol. The molecule has 10 heteroatoms. The lowest BCUT2D eigenvalue weighted by Crippen LogP contribution is -2.43. The van der Waals surface area contributed by atoms with Crippen LogP contribution in [0, 0.1) is 0 Å². The quantitative estimate of drug-likeness (QED) is 0.153. The molecule has 0 bridgehead atoms. The molecule has 254 valence electrons. The molecule has 0 amide bonds. The molecule has 8 rings (SSSR count). The molecule has 6 aromatic rings. The van der Waals surface area contributed by atoms with Gasteiger partial charge in [-0.15, -0.1) is 0 Å². The maximum atomic E-state index is 7.24. The number of nitrogens with zero attached hydrogens (tertiary/aromatic N) is 4. The highest BCUT2D eigenvalue weighted by atomic mass is 79.9. The minimum atomic E-state index is -1.56. The summed E-state index contributed by atoms with van der Waals surface area (Å²) in [5, 5.41) is 0.947. The number of aliphatic imine (C=N–C) groups is 4. The highest BCUT2D eigenvalue weighted by molar-refractivity contribution is 9.11. The molecule has 2 aliphatic heterocycles. The molecule has 0 aromatic heterocycles. The number of benzene rings is 6. The van der Waals surface area contributed by atoms with Crippen LogP contribution < -0.4 is 0 Å². The molecule has 2 aliphatic rings. The van der Waals surface area contributed by atoms with E-state index in [1.165, 1.54) is 0 Å². The molecule has 0 radical (unpaired) electrons. The average molecular weight is 975 g/mol. The van der Waals surface area contributed by atoms with Crippen LogP contribution in [0.25, 0.3) is 0 Å². The lowest BCUT2D eigenvalue weighted by atomic mass is 9.82. The summed E-state index contributed by atoms with van der Waals surface area (Å²) in [6.45, 7) is 0. The second kappa shape index (κ2) is 14.4. The number of rotatable bonds is 7. The minimum absolute atomic E-state index is 0.473. The van der Waals surface area contributed by atoms with Crippen LogP contribution in [0.4, 0.5) is 0 Å². The summed E-state index contributed by atoms with van der Waals surface area (Å²) in [6.07, 6.45) is 0. The summed E-state index contributed by atoms with van der Waals surface area (Å²) in [7, 11) is 0. The van der Waals surface area contributed by atoms with Crippen molar-refractivity contribution < 1.29 is 0 Å². The third-order valence-corrected chi connectivity index (χ3v) is 11.8. The third-order valence-electron chi connectivity index (χ3n) is 9.00. The predicted octanol–water partition coefficient (Wildman–Crippen LogP) is 13.0. The second-order valence-corrected chi connectivity index (χ2v) is 16.7. The first kappa shape index (κ1) is 35.5. The Bertz CT molecular complexity index is 2160. The van der Waals surface area contributed by atoms with Gasteiger partial charge in [0.15, 0.2) is 0 Å². The molecular weight excluding hydrogens is 951 g/mol. The average Bonchev–Trinajstić information content (AvgIpc) is 3.76. The smallest absolute Gasteiger partial charge is 0.227 e. The molecule has 4 nitrogen and oxygen atoms in total. The Morgan fingerprint density at radius 3 is 0.788 bits per heavy atom. The van der Waals surface area contributed by atoms with Crippen molar-refractivity contribution in [2.24, 2.45) is 20.0 Å². The van der Waals surface area contributed by atoms with Crippen LogP contribution in [0.5, 0.6) is 0 Å². The van der Waals surface area contributed by atoms with Crippen molar-refractivity contribution in [3.63, 3.8) is 0 Å². The molecule has 0 saturated heterocycles. The molecule has 52 heavy (non-hydrogen) atoms. The summed E-state index contributed by atoms with van der Waals surface area (Å²) >= 11 is 28.9. The Balaban J connectivity index is 1.55. The van der Waals surface area contributed by atoms with E-state index >= 15 is 0 Å². The van der Waals surface area contributed by atoms with Gasteiger partial charge in [-0.1, -0.05) is 172 Å². The van der Waals surface area contributed by atoms with Crippen molar-refractivity contribution in [2.75, 3.05) is 0 Å². The van der Waals surface area contributed by atoms with Gasteiger partial charge in [-0.05, 0) is 60.7 Å². The van der Waals surface area contributed by atoms with E-state index in [0.717, 1.165) is 40.1 Å². The van der Waals surface area contributed by atoms with Crippen LogP contribution in [0.15, 0.2) is 183 Å². The predicted molar refractivity (Wildman–Crippen MR) is 229 cm³/mol. The molecule has 0 spiro atoms. The minimum Gasteiger partial charge on any atom is -0.243 e. The van der Waals surface area contributed by atoms with Crippen molar-refractivity contribution >= 4 is 110 Å². The van der Waals surface area contributed by atoms with E-state index in [2.05, 4.69) is 63.7 Å². The fourth-order valence-corrected chi connectivity index (χ4v) is 8.15. The van der Waals surface area contributed by atoms with Gasteiger partial charge in [0, 0.05) is 61.3 Å². The number of hydrogen-bond acceptors (Lipinski definition) is 4. The van der Waals surface area contributed by atoms with Gasteiger partial charge in [-0.2, -0.15) is 0 Å². The van der Waals surface area contributed by atoms with Crippen molar-refractivity contribution in [3.8, 4) is 0 Å². The van der Waals surface area contributed by atoms with Gasteiger partial charge in [-0.3, -0.25) is 0 Å². The Kier molecular flexibility index (Phi) is 9.83. The molecule has 0 unspecified atom stereocenters. The lowest BCUT2D eigenvalue weighted by Gasteiger charge is -2.39. The Morgan fingerprint density at radius 2 is 0.558 bits per heavy atom. The highest BCUT2D eigenvalue weighted by Crippen LogP contribution is 2.57. The summed E-state index contributed by atoms with van der Waals surface area (Å²) in [6, 6.07) is 47.6. The normalized spacial score (nSPS) is 15.9. The van der Waals surface area contributed by atoms with Crippen LogP contribution in [0.1, 0.15) is 33.4 Å². The number of hydrogen-bond donors (Lipinski definition) is 0. The van der Waals surface area contributed by atoms with Crippen LogP contribution in [-0.4, -0.2) is 22.8 Å². The molecule has 0 N–H and O–H groups in total. The summed E-state index contributed by atoms with van der Waals surface area (Å²) in [5.74, 6) is 0. The summed E-state index contributed by atoms with van der Waals surface area (Å²) in [4.78, 5) is 22.8. The van der Waals surface area contributed by atoms with Crippen LogP contribution in [0.2, 0.25) is 10.0 Å². The van der Waals surface area contributed by atoms with Crippen molar-refractivity contribution in [2.45, 2.75) is 11.3 Å². The molecule has 0 atom stereocenters. The van der Waals surface area contributed by atoms with Gasteiger partial charge in [0.25, 0.3) is 0 Å². The largest absolute Gasteiger partial charge is 0.243 e. The SMILES string of the molecule is Clc1ccccc1C1(C2(c3ccccc3Cl)N=C(c3ccc(Br)cc3)C(c3ccc(Br)cc3)=N2)N=C(c2ccc(Br)cc2)C(c2ccc(Br)cc2)=N1. The Labute approximate surface area is 345 Å². The van der Waals surface area contributed by atoms with E-state index in [-0.39, 0.29) is 0 Å². The first-order valence-electron chi connectivity index (χ1n) is 16.1. The standard InChI is InChI=1S/C42H24Br4Cl2N4/c43-29-17-9-25(10-18-29)37-38(26-11-19-30(44)20-12-26)50-41(49-37,33-5-1-3-7-35(33)47)42(34-6-2-4-8-36(34)48)51-39(27-13-21-31(45)22-14-27)40(52-42)28-15-23-32(46)24-16-28/h1-24H. The molecule has 2 heterocycles. The van der Waals surface area contributed by atoms with Crippen molar-refractivity contribution in [1.82, 2.24) is 0 Å². The second-order valence-electron chi connectivity index (χ2n) is 12.2. The van der Waals surface area contributed by atoms with E-state index < -0.39 is 11.3 Å².